The van der Waals surface area contributed by atoms with Gasteiger partial charge in [0.2, 0.25) is 10.0 Å². The third-order valence-electron chi connectivity index (χ3n) is 4.46. The molecule has 1 aromatic heterocycles. The van der Waals surface area contributed by atoms with Gasteiger partial charge in [0.05, 0.1) is 18.0 Å². The van der Waals surface area contributed by atoms with Crippen molar-refractivity contribution in [1.82, 2.24) is 19.9 Å². The highest BCUT2D eigenvalue weighted by molar-refractivity contribution is 7.89. The SMILES string of the molecule is CCS(=O)(=O)N1CCC(NC(=NC)NCc2cccc(N(C)C)n2)CC1. The number of pyridine rings is 1. The van der Waals surface area contributed by atoms with Crippen molar-refractivity contribution >= 4 is 21.8 Å². The Kier molecular flexibility index (Phi) is 7.22. The van der Waals surface area contributed by atoms with E-state index in [1.807, 2.05) is 37.2 Å². The third kappa shape index (κ3) is 5.57. The molecule has 146 valence electrons. The van der Waals surface area contributed by atoms with E-state index in [-0.39, 0.29) is 11.8 Å². The lowest BCUT2D eigenvalue weighted by atomic mass is 10.1. The molecule has 0 spiro atoms. The highest BCUT2D eigenvalue weighted by atomic mass is 32.2. The lowest BCUT2D eigenvalue weighted by molar-refractivity contribution is 0.306. The Morgan fingerprint density at radius 3 is 2.62 bits per heavy atom. The number of sulfonamides is 1. The van der Waals surface area contributed by atoms with Crippen LogP contribution in [0, 0.1) is 0 Å². The molecule has 0 aliphatic carbocycles. The predicted octanol–water partition coefficient (Wildman–Crippen LogP) is 0.627. The number of piperidine rings is 1. The lowest BCUT2D eigenvalue weighted by Crippen LogP contribution is -2.49. The molecule has 9 heteroatoms. The first-order chi connectivity index (χ1) is 12.4. The van der Waals surface area contributed by atoms with Crippen molar-refractivity contribution in [3.8, 4) is 0 Å². The van der Waals surface area contributed by atoms with E-state index in [1.54, 1.807) is 18.3 Å². The molecule has 1 saturated heterocycles. The number of aromatic nitrogens is 1. The highest BCUT2D eigenvalue weighted by Crippen LogP contribution is 2.14. The first-order valence-corrected chi connectivity index (χ1v) is 10.5. The van der Waals surface area contributed by atoms with E-state index in [0.29, 0.717) is 25.6 Å². The average molecular weight is 383 g/mol. The molecule has 0 unspecified atom stereocenters. The molecule has 1 aromatic rings. The van der Waals surface area contributed by atoms with E-state index < -0.39 is 10.0 Å². The van der Waals surface area contributed by atoms with Crippen LogP contribution in [0.1, 0.15) is 25.5 Å². The van der Waals surface area contributed by atoms with E-state index >= 15 is 0 Å². The van der Waals surface area contributed by atoms with Crippen LogP contribution >= 0.6 is 0 Å². The van der Waals surface area contributed by atoms with Crippen LogP contribution in [0.2, 0.25) is 0 Å². The Morgan fingerprint density at radius 2 is 2.04 bits per heavy atom. The summed E-state index contributed by atoms with van der Waals surface area (Å²) in [6, 6.07) is 6.14. The predicted molar refractivity (Wildman–Crippen MR) is 106 cm³/mol. The number of hydrogen-bond donors (Lipinski definition) is 2. The molecule has 26 heavy (non-hydrogen) atoms. The second-order valence-electron chi connectivity index (χ2n) is 6.53. The Morgan fingerprint density at radius 1 is 1.35 bits per heavy atom. The van der Waals surface area contributed by atoms with Gasteiger partial charge in [0.25, 0.3) is 0 Å². The van der Waals surface area contributed by atoms with Gasteiger partial charge in [0.1, 0.15) is 5.82 Å². The normalized spacial score (nSPS) is 17.2. The second kappa shape index (κ2) is 9.18. The molecule has 2 N–H and O–H groups in total. The number of aliphatic imine (C=N–C) groups is 1. The first kappa shape index (κ1) is 20.4. The molecule has 8 nitrogen and oxygen atoms in total. The van der Waals surface area contributed by atoms with E-state index in [0.717, 1.165) is 24.4 Å². The molecule has 1 aliphatic heterocycles. The van der Waals surface area contributed by atoms with Crippen LogP contribution in [0.5, 0.6) is 0 Å². The summed E-state index contributed by atoms with van der Waals surface area (Å²) in [5, 5.41) is 6.66. The summed E-state index contributed by atoms with van der Waals surface area (Å²) in [6.45, 7) is 3.36. The summed E-state index contributed by atoms with van der Waals surface area (Å²) in [6.07, 6.45) is 1.54. The van der Waals surface area contributed by atoms with Crippen LogP contribution in [0.4, 0.5) is 5.82 Å². The van der Waals surface area contributed by atoms with Crippen LogP contribution < -0.4 is 15.5 Å². The summed E-state index contributed by atoms with van der Waals surface area (Å²) in [5.74, 6) is 1.78. The van der Waals surface area contributed by atoms with Gasteiger partial charge in [-0.1, -0.05) is 6.07 Å². The summed E-state index contributed by atoms with van der Waals surface area (Å²) < 4.78 is 25.4. The minimum atomic E-state index is -3.09. The molecular weight excluding hydrogens is 352 g/mol. The zero-order chi connectivity index (χ0) is 19.2. The lowest BCUT2D eigenvalue weighted by Gasteiger charge is -2.32. The van der Waals surface area contributed by atoms with E-state index in [4.69, 9.17) is 0 Å². The fraction of sp³-hybridized carbons (Fsp3) is 0.647. The summed E-state index contributed by atoms with van der Waals surface area (Å²) in [5.41, 5.74) is 0.933. The van der Waals surface area contributed by atoms with E-state index in [2.05, 4.69) is 20.6 Å². The number of rotatable bonds is 6. The van der Waals surface area contributed by atoms with Crippen molar-refractivity contribution < 1.29 is 8.42 Å². The molecule has 0 saturated carbocycles. The van der Waals surface area contributed by atoms with Crippen LogP contribution in [-0.4, -0.2) is 69.7 Å². The van der Waals surface area contributed by atoms with E-state index in [9.17, 15) is 8.42 Å². The Balaban J connectivity index is 1.84. The highest BCUT2D eigenvalue weighted by Gasteiger charge is 2.26. The minimum Gasteiger partial charge on any atom is -0.363 e. The van der Waals surface area contributed by atoms with Gasteiger partial charge in [-0.15, -0.1) is 0 Å². The Hall–Kier alpha value is -1.87. The maximum absolute atomic E-state index is 11.9. The number of guanidine groups is 1. The molecule has 0 amide bonds. The quantitative estimate of drug-likeness (QED) is 0.554. The van der Waals surface area contributed by atoms with Gasteiger partial charge in [-0.2, -0.15) is 0 Å². The minimum absolute atomic E-state index is 0.160. The zero-order valence-electron chi connectivity index (χ0n) is 16.1. The van der Waals surface area contributed by atoms with Gasteiger partial charge in [0, 0.05) is 40.3 Å². The van der Waals surface area contributed by atoms with Crippen molar-refractivity contribution in [2.24, 2.45) is 4.99 Å². The molecule has 2 heterocycles. The molecule has 1 aliphatic rings. The van der Waals surface area contributed by atoms with Gasteiger partial charge in [0.15, 0.2) is 5.96 Å². The zero-order valence-corrected chi connectivity index (χ0v) is 16.9. The molecule has 0 radical (unpaired) electrons. The van der Waals surface area contributed by atoms with Crippen molar-refractivity contribution in [3.05, 3.63) is 23.9 Å². The molecule has 0 aromatic carbocycles. The van der Waals surface area contributed by atoms with Gasteiger partial charge >= 0.3 is 0 Å². The monoisotopic (exact) mass is 382 g/mol. The Labute approximate surface area is 156 Å². The average Bonchev–Trinajstić information content (AvgIpc) is 2.65. The second-order valence-corrected chi connectivity index (χ2v) is 8.78. The summed E-state index contributed by atoms with van der Waals surface area (Å²) in [7, 11) is 2.57. The van der Waals surface area contributed by atoms with Crippen molar-refractivity contribution in [2.75, 3.05) is 44.9 Å². The van der Waals surface area contributed by atoms with Gasteiger partial charge in [-0.3, -0.25) is 4.99 Å². The molecule has 1 fully saturated rings. The topological polar surface area (TPSA) is 89.9 Å². The van der Waals surface area contributed by atoms with Gasteiger partial charge < -0.3 is 15.5 Å². The third-order valence-corrected chi connectivity index (χ3v) is 6.35. The smallest absolute Gasteiger partial charge is 0.213 e. The van der Waals surface area contributed by atoms with Crippen molar-refractivity contribution in [2.45, 2.75) is 32.4 Å². The van der Waals surface area contributed by atoms with Crippen molar-refractivity contribution in [3.63, 3.8) is 0 Å². The van der Waals surface area contributed by atoms with Crippen LogP contribution in [0.15, 0.2) is 23.2 Å². The number of nitrogens with one attached hydrogen (secondary N) is 2. The van der Waals surface area contributed by atoms with Crippen LogP contribution in [0.3, 0.4) is 0 Å². The maximum atomic E-state index is 11.9. The summed E-state index contributed by atoms with van der Waals surface area (Å²) in [4.78, 5) is 10.8. The van der Waals surface area contributed by atoms with E-state index in [1.165, 1.54) is 0 Å². The fourth-order valence-electron chi connectivity index (χ4n) is 2.84. The molecule has 0 bridgehead atoms. The van der Waals surface area contributed by atoms with Crippen molar-refractivity contribution in [1.29, 1.82) is 0 Å². The largest absolute Gasteiger partial charge is 0.363 e. The Bertz CT molecular complexity index is 712. The van der Waals surface area contributed by atoms with Gasteiger partial charge in [-0.05, 0) is 31.9 Å². The fourth-order valence-corrected chi connectivity index (χ4v) is 3.97. The molecular formula is C17H30N6O2S. The standard InChI is InChI=1S/C17H30N6O2S/c1-5-26(24,25)23-11-9-14(10-12-23)21-17(18-2)19-13-15-7-6-8-16(20-15)22(3)4/h6-8,14H,5,9-13H2,1-4H3,(H2,18,19,21). The number of anilines is 1. The van der Waals surface area contributed by atoms with Crippen LogP contribution in [0.25, 0.3) is 0 Å². The van der Waals surface area contributed by atoms with Crippen LogP contribution in [-0.2, 0) is 16.6 Å². The number of nitrogens with zero attached hydrogens (tertiary/aromatic N) is 4. The maximum Gasteiger partial charge on any atom is 0.213 e. The summed E-state index contributed by atoms with van der Waals surface area (Å²) >= 11 is 0. The first-order valence-electron chi connectivity index (χ1n) is 8.94. The molecule has 2 rings (SSSR count). The number of hydrogen-bond acceptors (Lipinski definition) is 5. The molecule has 0 atom stereocenters. The van der Waals surface area contributed by atoms with Gasteiger partial charge in [-0.25, -0.2) is 17.7 Å².